The summed E-state index contributed by atoms with van der Waals surface area (Å²) in [5.41, 5.74) is 0.217. The lowest BCUT2D eigenvalue weighted by Crippen LogP contribution is -2.34. The van der Waals surface area contributed by atoms with Gasteiger partial charge in [-0.15, -0.1) is 0 Å². The molecule has 0 amide bonds. The number of hydrogen-bond donors (Lipinski definition) is 3. The summed E-state index contributed by atoms with van der Waals surface area (Å²) >= 11 is 0. The highest BCUT2D eigenvalue weighted by atomic mass is 16.5. The van der Waals surface area contributed by atoms with Gasteiger partial charge in [0.05, 0.1) is 19.0 Å². The fourth-order valence-corrected chi connectivity index (χ4v) is 3.17. The number of nitrogens with one attached hydrogen (secondary N) is 1. The fraction of sp³-hybridized carbons (Fsp3) is 0.292. The van der Waals surface area contributed by atoms with Gasteiger partial charge in [0.15, 0.2) is 11.5 Å². The van der Waals surface area contributed by atoms with Crippen LogP contribution in [0.1, 0.15) is 0 Å². The molecule has 0 aliphatic carbocycles. The van der Waals surface area contributed by atoms with Crippen LogP contribution in [-0.4, -0.2) is 58.9 Å². The second kappa shape index (κ2) is 11.8. The zero-order chi connectivity index (χ0) is 23.6. The second-order valence-electron chi connectivity index (χ2n) is 7.21. The van der Waals surface area contributed by atoms with Crippen molar-refractivity contribution in [3.05, 3.63) is 77.9 Å². The van der Waals surface area contributed by atoms with Crippen molar-refractivity contribution in [2.24, 2.45) is 0 Å². The molecule has 1 unspecified atom stereocenters. The van der Waals surface area contributed by atoms with E-state index in [2.05, 4.69) is 11.9 Å². The Bertz CT molecular complexity index is 1110. The van der Waals surface area contributed by atoms with E-state index >= 15 is 0 Å². The van der Waals surface area contributed by atoms with Crippen molar-refractivity contribution in [1.29, 1.82) is 0 Å². The summed E-state index contributed by atoms with van der Waals surface area (Å²) in [6, 6.07) is 14.2. The standard InChI is InChI=1S/C24H29N3O6/c1-3-13-32-21-9-4-5-10-22(21)33-17-19(28)15-25-11-12-26-23(29)16-27(24(26)30)18-7-6-8-20(14-18)31-2/h3-10,14,16,19,25,28-29H,1,11-13,15,17H2,2H3. The third-order valence-corrected chi connectivity index (χ3v) is 4.82. The Labute approximate surface area is 192 Å². The number of aromatic hydroxyl groups is 1. The summed E-state index contributed by atoms with van der Waals surface area (Å²) < 4.78 is 19.0. The van der Waals surface area contributed by atoms with Gasteiger partial charge in [-0.05, 0) is 24.3 Å². The minimum absolute atomic E-state index is 0.0683. The molecule has 1 atom stereocenters. The van der Waals surface area contributed by atoms with E-state index in [1.165, 1.54) is 15.3 Å². The van der Waals surface area contributed by atoms with E-state index < -0.39 is 6.10 Å². The molecule has 0 spiro atoms. The lowest BCUT2D eigenvalue weighted by Gasteiger charge is -2.15. The van der Waals surface area contributed by atoms with Gasteiger partial charge in [0.2, 0.25) is 5.88 Å². The molecule has 0 bridgehead atoms. The minimum atomic E-state index is -0.774. The smallest absolute Gasteiger partial charge is 0.335 e. The molecule has 0 radical (unpaired) electrons. The maximum absolute atomic E-state index is 12.7. The van der Waals surface area contributed by atoms with Crippen molar-refractivity contribution in [2.45, 2.75) is 12.6 Å². The van der Waals surface area contributed by atoms with Crippen LogP contribution >= 0.6 is 0 Å². The molecule has 9 nitrogen and oxygen atoms in total. The van der Waals surface area contributed by atoms with Gasteiger partial charge < -0.3 is 29.7 Å². The summed E-state index contributed by atoms with van der Waals surface area (Å²) in [7, 11) is 1.55. The zero-order valence-electron chi connectivity index (χ0n) is 18.5. The van der Waals surface area contributed by atoms with Gasteiger partial charge in [-0.25, -0.2) is 4.79 Å². The van der Waals surface area contributed by atoms with Crippen molar-refractivity contribution in [3.8, 4) is 28.8 Å². The Morgan fingerprint density at radius 1 is 1.15 bits per heavy atom. The lowest BCUT2D eigenvalue weighted by molar-refractivity contribution is 0.104. The second-order valence-corrected chi connectivity index (χ2v) is 7.21. The van der Waals surface area contributed by atoms with Crippen molar-refractivity contribution in [1.82, 2.24) is 14.5 Å². The van der Waals surface area contributed by atoms with Crippen LogP contribution in [0.2, 0.25) is 0 Å². The number of para-hydroxylation sites is 2. The van der Waals surface area contributed by atoms with E-state index in [-0.39, 0.29) is 31.3 Å². The molecule has 3 rings (SSSR count). The molecule has 3 aromatic rings. The minimum Gasteiger partial charge on any atom is -0.497 e. The summed E-state index contributed by atoms with van der Waals surface area (Å²) in [4.78, 5) is 12.7. The predicted molar refractivity (Wildman–Crippen MR) is 125 cm³/mol. The molecule has 0 saturated heterocycles. The number of rotatable bonds is 13. The quantitative estimate of drug-likeness (QED) is 0.267. The highest BCUT2D eigenvalue weighted by Crippen LogP contribution is 2.26. The molecule has 0 fully saturated rings. The SMILES string of the molecule is C=CCOc1ccccc1OCC(O)CNCCn1c(O)cn(-c2cccc(OC)c2)c1=O. The Balaban J connectivity index is 1.49. The highest BCUT2D eigenvalue weighted by Gasteiger charge is 2.13. The topological polar surface area (TPSA) is 107 Å². The highest BCUT2D eigenvalue weighted by molar-refractivity contribution is 5.40. The number of aliphatic hydroxyl groups excluding tert-OH is 1. The van der Waals surface area contributed by atoms with Gasteiger partial charge in [0.1, 0.15) is 25.1 Å². The first-order valence-corrected chi connectivity index (χ1v) is 10.5. The van der Waals surface area contributed by atoms with Gasteiger partial charge in [-0.3, -0.25) is 9.13 Å². The number of imidazole rings is 1. The maximum atomic E-state index is 12.7. The van der Waals surface area contributed by atoms with Crippen molar-refractivity contribution >= 4 is 0 Å². The molecule has 0 aliphatic heterocycles. The molecule has 33 heavy (non-hydrogen) atoms. The summed E-state index contributed by atoms with van der Waals surface area (Å²) in [6.07, 6.45) is 2.24. The number of ether oxygens (including phenoxy) is 3. The first-order valence-electron chi connectivity index (χ1n) is 10.5. The number of nitrogens with zero attached hydrogens (tertiary/aromatic N) is 2. The number of aliphatic hydroxyl groups is 1. The van der Waals surface area contributed by atoms with E-state index in [9.17, 15) is 15.0 Å². The fourth-order valence-electron chi connectivity index (χ4n) is 3.17. The van der Waals surface area contributed by atoms with Gasteiger partial charge in [-0.2, -0.15) is 0 Å². The monoisotopic (exact) mass is 455 g/mol. The van der Waals surface area contributed by atoms with E-state index in [1.807, 2.05) is 12.1 Å². The molecule has 9 heteroatoms. The maximum Gasteiger partial charge on any atom is 0.335 e. The molecule has 3 N–H and O–H groups in total. The molecular formula is C24H29N3O6. The largest absolute Gasteiger partial charge is 0.497 e. The normalized spacial score (nSPS) is 11.7. The molecule has 1 heterocycles. The average molecular weight is 456 g/mol. The van der Waals surface area contributed by atoms with E-state index in [0.29, 0.717) is 36.1 Å². The number of benzene rings is 2. The number of aromatic nitrogens is 2. The van der Waals surface area contributed by atoms with Crippen LogP contribution in [0.15, 0.2) is 72.2 Å². The van der Waals surface area contributed by atoms with Gasteiger partial charge in [0.25, 0.3) is 0 Å². The zero-order valence-corrected chi connectivity index (χ0v) is 18.5. The Hall–Kier alpha value is -3.69. The third kappa shape index (κ3) is 6.41. The van der Waals surface area contributed by atoms with Crippen molar-refractivity contribution in [3.63, 3.8) is 0 Å². The van der Waals surface area contributed by atoms with Crippen LogP contribution in [0.3, 0.4) is 0 Å². The van der Waals surface area contributed by atoms with Crippen LogP contribution in [0.25, 0.3) is 5.69 Å². The van der Waals surface area contributed by atoms with Gasteiger partial charge in [0, 0.05) is 25.7 Å². The Kier molecular flexibility index (Phi) is 8.56. The number of hydrogen-bond acceptors (Lipinski definition) is 7. The molecular weight excluding hydrogens is 426 g/mol. The van der Waals surface area contributed by atoms with Gasteiger partial charge in [-0.1, -0.05) is 30.9 Å². The van der Waals surface area contributed by atoms with E-state index in [4.69, 9.17) is 14.2 Å². The van der Waals surface area contributed by atoms with Gasteiger partial charge >= 0.3 is 5.69 Å². The van der Waals surface area contributed by atoms with Crippen LogP contribution in [0.4, 0.5) is 0 Å². The third-order valence-electron chi connectivity index (χ3n) is 4.82. The summed E-state index contributed by atoms with van der Waals surface area (Å²) in [5, 5.41) is 23.5. The van der Waals surface area contributed by atoms with E-state index in [0.717, 1.165) is 0 Å². The first kappa shape index (κ1) is 24.0. The summed E-state index contributed by atoms with van der Waals surface area (Å²) in [6.45, 7) is 4.89. The van der Waals surface area contributed by atoms with E-state index in [1.54, 1.807) is 49.6 Å². The first-order chi connectivity index (χ1) is 16.0. The van der Waals surface area contributed by atoms with Crippen LogP contribution in [0, 0.1) is 0 Å². The lowest BCUT2D eigenvalue weighted by atomic mass is 10.3. The molecule has 0 aliphatic rings. The predicted octanol–water partition coefficient (Wildman–Crippen LogP) is 1.95. The van der Waals surface area contributed by atoms with Crippen LogP contribution in [0.5, 0.6) is 23.1 Å². The van der Waals surface area contributed by atoms with Crippen LogP contribution < -0.4 is 25.2 Å². The summed E-state index contributed by atoms with van der Waals surface area (Å²) in [5.74, 6) is 1.57. The molecule has 176 valence electrons. The molecule has 2 aromatic carbocycles. The Morgan fingerprint density at radius 3 is 2.64 bits per heavy atom. The Morgan fingerprint density at radius 2 is 1.91 bits per heavy atom. The van der Waals surface area contributed by atoms with Crippen LogP contribution in [-0.2, 0) is 6.54 Å². The molecule has 0 saturated carbocycles. The van der Waals surface area contributed by atoms with Crippen molar-refractivity contribution in [2.75, 3.05) is 33.4 Å². The van der Waals surface area contributed by atoms with Crippen molar-refractivity contribution < 1.29 is 24.4 Å². The molecule has 1 aromatic heterocycles. The number of methoxy groups -OCH3 is 1. The average Bonchev–Trinajstić information content (AvgIpc) is 3.12.